The predicted molar refractivity (Wildman–Crippen MR) is 76.6 cm³/mol. The van der Waals surface area contributed by atoms with E-state index in [0.29, 0.717) is 21.7 Å². The molecule has 102 valence electrons. The van der Waals surface area contributed by atoms with Crippen LogP contribution in [0.5, 0.6) is 0 Å². The van der Waals surface area contributed by atoms with Gasteiger partial charge in [0.15, 0.2) is 9.84 Å². The van der Waals surface area contributed by atoms with Gasteiger partial charge in [-0.25, -0.2) is 13.4 Å². The number of rotatable bonds is 6. The molecule has 0 fully saturated rings. The summed E-state index contributed by atoms with van der Waals surface area (Å²) >= 11 is 11.9. The van der Waals surface area contributed by atoms with Crippen LogP contribution in [0, 0.1) is 0 Å². The van der Waals surface area contributed by atoms with Gasteiger partial charge in [-0.15, -0.1) is 0 Å². The first-order chi connectivity index (χ1) is 8.39. The van der Waals surface area contributed by atoms with Crippen molar-refractivity contribution in [2.24, 2.45) is 0 Å². The monoisotopic (exact) mass is 311 g/mol. The van der Waals surface area contributed by atoms with Crippen molar-refractivity contribution in [3.8, 4) is 0 Å². The Morgan fingerprint density at radius 1 is 1.28 bits per heavy atom. The average molecular weight is 312 g/mol. The number of hydrogen-bond acceptors (Lipinski definition) is 5. The fourth-order valence-corrected chi connectivity index (χ4v) is 2.46. The Hall–Kier alpha value is -0.720. The highest BCUT2D eigenvalue weighted by Crippen LogP contribution is 2.28. The second kappa shape index (κ2) is 6.45. The van der Waals surface area contributed by atoms with E-state index in [4.69, 9.17) is 23.2 Å². The van der Waals surface area contributed by atoms with E-state index in [2.05, 4.69) is 15.6 Å². The molecule has 0 unspecified atom stereocenters. The molecule has 1 rings (SSSR count). The number of nitrogens with zero attached hydrogens (tertiary/aromatic N) is 1. The van der Waals surface area contributed by atoms with E-state index in [1.165, 1.54) is 0 Å². The summed E-state index contributed by atoms with van der Waals surface area (Å²) in [4.78, 5) is 4.15. The largest absolute Gasteiger partial charge is 0.372 e. The molecule has 1 aromatic rings. The van der Waals surface area contributed by atoms with Crippen molar-refractivity contribution in [3.05, 3.63) is 16.1 Å². The summed E-state index contributed by atoms with van der Waals surface area (Å²) in [5.74, 6) is 1.07. The van der Waals surface area contributed by atoms with Crippen LogP contribution in [-0.4, -0.2) is 38.5 Å². The van der Waals surface area contributed by atoms with Crippen molar-refractivity contribution < 1.29 is 8.42 Å². The third-order valence-corrected chi connectivity index (χ3v) is 4.59. The summed E-state index contributed by atoms with van der Waals surface area (Å²) in [6.45, 7) is 1.87. The number of anilines is 2. The zero-order valence-corrected chi connectivity index (χ0v) is 12.5. The lowest BCUT2D eigenvalue weighted by atomic mass is 10.4. The number of sulfone groups is 1. The highest BCUT2D eigenvalue weighted by molar-refractivity contribution is 7.91. The minimum absolute atomic E-state index is 0.0407. The third-order valence-electron chi connectivity index (χ3n) is 2.31. The zero-order chi connectivity index (χ0) is 13.8. The van der Waals surface area contributed by atoms with Crippen LogP contribution in [0.25, 0.3) is 0 Å². The molecule has 8 heteroatoms. The zero-order valence-electron chi connectivity index (χ0n) is 10.1. The van der Waals surface area contributed by atoms with Crippen LogP contribution in [0.2, 0.25) is 10.0 Å². The lowest BCUT2D eigenvalue weighted by Gasteiger charge is -2.10. The third kappa shape index (κ3) is 4.19. The normalized spacial score (nSPS) is 11.3. The van der Waals surface area contributed by atoms with Crippen LogP contribution in [-0.2, 0) is 9.84 Å². The summed E-state index contributed by atoms with van der Waals surface area (Å²) in [6, 6.07) is 1.55. The Balaban J connectivity index is 2.74. The molecule has 0 aromatic carbocycles. The summed E-state index contributed by atoms with van der Waals surface area (Å²) in [6.07, 6.45) is 0. The molecule has 0 saturated carbocycles. The molecule has 0 aliphatic carbocycles. The van der Waals surface area contributed by atoms with Crippen LogP contribution < -0.4 is 10.6 Å². The second-order valence-corrected chi connectivity index (χ2v) is 6.85. The first-order valence-electron chi connectivity index (χ1n) is 5.37. The Labute approximate surface area is 117 Å². The Morgan fingerprint density at radius 2 is 1.89 bits per heavy atom. The van der Waals surface area contributed by atoms with Gasteiger partial charge in [0.25, 0.3) is 0 Å². The van der Waals surface area contributed by atoms with E-state index in [9.17, 15) is 8.42 Å². The van der Waals surface area contributed by atoms with Gasteiger partial charge < -0.3 is 10.6 Å². The SMILES string of the molecule is CCS(=O)(=O)CCNc1nc(NC)c(Cl)cc1Cl. The first kappa shape index (κ1) is 15.3. The van der Waals surface area contributed by atoms with Crippen molar-refractivity contribution in [2.75, 3.05) is 35.7 Å². The number of hydrogen-bond donors (Lipinski definition) is 2. The average Bonchev–Trinajstić information content (AvgIpc) is 2.32. The smallest absolute Gasteiger partial charge is 0.151 e. The van der Waals surface area contributed by atoms with Crippen molar-refractivity contribution in [3.63, 3.8) is 0 Å². The number of halogens is 2. The summed E-state index contributed by atoms with van der Waals surface area (Å²) < 4.78 is 22.6. The van der Waals surface area contributed by atoms with Gasteiger partial charge in [-0.2, -0.15) is 0 Å². The molecule has 0 radical (unpaired) electrons. The number of nitrogens with one attached hydrogen (secondary N) is 2. The molecule has 18 heavy (non-hydrogen) atoms. The Morgan fingerprint density at radius 3 is 2.44 bits per heavy atom. The summed E-state index contributed by atoms with van der Waals surface area (Å²) in [7, 11) is -1.31. The first-order valence-corrected chi connectivity index (χ1v) is 7.95. The van der Waals surface area contributed by atoms with Gasteiger partial charge in [-0.3, -0.25) is 0 Å². The second-order valence-electron chi connectivity index (χ2n) is 3.56. The van der Waals surface area contributed by atoms with E-state index in [-0.39, 0.29) is 18.1 Å². The molecule has 0 amide bonds. The molecule has 1 aromatic heterocycles. The Kier molecular flexibility index (Phi) is 5.49. The molecule has 0 aliphatic rings. The van der Waals surface area contributed by atoms with E-state index in [1.54, 1.807) is 20.0 Å². The topological polar surface area (TPSA) is 71.1 Å². The van der Waals surface area contributed by atoms with Gasteiger partial charge >= 0.3 is 0 Å². The lowest BCUT2D eigenvalue weighted by Crippen LogP contribution is -2.18. The molecule has 0 aliphatic heterocycles. The molecule has 1 heterocycles. The molecular weight excluding hydrogens is 297 g/mol. The molecule has 0 spiro atoms. The van der Waals surface area contributed by atoms with E-state index in [1.807, 2.05) is 0 Å². The number of pyridine rings is 1. The van der Waals surface area contributed by atoms with Crippen LogP contribution in [0.15, 0.2) is 6.07 Å². The van der Waals surface area contributed by atoms with Gasteiger partial charge in [-0.1, -0.05) is 30.1 Å². The fourth-order valence-electron chi connectivity index (χ4n) is 1.24. The van der Waals surface area contributed by atoms with Gasteiger partial charge in [-0.05, 0) is 6.07 Å². The maximum absolute atomic E-state index is 11.3. The molecule has 0 atom stereocenters. The van der Waals surface area contributed by atoms with E-state index < -0.39 is 9.84 Å². The van der Waals surface area contributed by atoms with Crippen LogP contribution >= 0.6 is 23.2 Å². The Bertz CT molecular complexity index is 520. The molecule has 2 N–H and O–H groups in total. The minimum Gasteiger partial charge on any atom is -0.372 e. The van der Waals surface area contributed by atoms with Crippen LogP contribution in [0.3, 0.4) is 0 Å². The molecular formula is C10H15Cl2N3O2S. The van der Waals surface area contributed by atoms with Gasteiger partial charge in [0.05, 0.1) is 15.8 Å². The van der Waals surface area contributed by atoms with Gasteiger partial charge in [0.1, 0.15) is 11.6 Å². The fraction of sp³-hybridized carbons (Fsp3) is 0.500. The highest BCUT2D eigenvalue weighted by Gasteiger charge is 2.10. The molecule has 5 nitrogen and oxygen atoms in total. The van der Waals surface area contributed by atoms with Crippen molar-refractivity contribution >= 4 is 44.7 Å². The maximum Gasteiger partial charge on any atom is 0.151 e. The summed E-state index contributed by atoms with van der Waals surface area (Å²) in [5.41, 5.74) is 0. The van der Waals surface area contributed by atoms with Gasteiger partial charge in [0.2, 0.25) is 0 Å². The highest BCUT2D eigenvalue weighted by atomic mass is 35.5. The van der Waals surface area contributed by atoms with Crippen molar-refractivity contribution in [1.29, 1.82) is 0 Å². The van der Waals surface area contributed by atoms with Crippen molar-refractivity contribution in [1.82, 2.24) is 4.98 Å². The van der Waals surface area contributed by atoms with E-state index in [0.717, 1.165) is 0 Å². The quantitative estimate of drug-likeness (QED) is 0.843. The van der Waals surface area contributed by atoms with Crippen molar-refractivity contribution in [2.45, 2.75) is 6.92 Å². The summed E-state index contributed by atoms with van der Waals surface area (Å²) in [5, 5.41) is 6.47. The molecule has 0 saturated heterocycles. The number of aromatic nitrogens is 1. The van der Waals surface area contributed by atoms with Crippen LogP contribution in [0.4, 0.5) is 11.6 Å². The molecule has 0 bridgehead atoms. The van der Waals surface area contributed by atoms with Crippen LogP contribution in [0.1, 0.15) is 6.92 Å². The van der Waals surface area contributed by atoms with E-state index >= 15 is 0 Å². The lowest BCUT2D eigenvalue weighted by molar-refractivity contribution is 0.597. The van der Waals surface area contributed by atoms with Gasteiger partial charge in [0, 0.05) is 19.3 Å². The standard InChI is InChI=1S/C10H15Cl2N3O2S/c1-3-18(16,17)5-4-14-10-8(12)6-7(11)9(13-2)15-10/h6H,3-5H2,1-2H3,(H2,13,14,15). The predicted octanol–water partition coefficient (Wildman–Crippen LogP) is 2.28. The minimum atomic E-state index is -3.00. The maximum atomic E-state index is 11.3.